The zero-order chi connectivity index (χ0) is 17.0. The lowest BCUT2D eigenvalue weighted by Gasteiger charge is -2.21. The second kappa shape index (κ2) is 7.10. The molecule has 2 aromatic heterocycles. The molecule has 0 aliphatic carbocycles. The highest BCUT2D eigenvalue weighted by Gasteiger charge is 2.23. The number of carbonyl (C=O) groups excluding carboxylic acids is 1. The fourth-order valence-corrected chi connectivity index (χ4v) is 2.36. The van der Waals surface area contributed by atoms with E-state index in [9.17, 15) is 4.79 Å². The van der Waals surface area contributed by atoms with Crippen LogP contribution in [0.3, 0.4) is 0 Å². The fraction of sp³-hybridized carbons (Fsp3) is 0.389. The molecule has 0 bridgehead atoms. The van der Waals surface area contributed by atoms with Crippen molar-refractivity contribution in [1.29, 1.82) is 0 Å². The Morgan fingerprint density at radius 1 is 1.39 bits per heavy atom. The molecule has 1 amide bonds. The molecule has 5 nitrogen and oxygen atoms in total. The number of anilines is 1. The van der Waals surface area contributed by atoms with Crippen molar-refractivity contribution >= 4 is 11.6 Å². The molecule has 120 valence electrons. The average Bonchev–Trinajstić information content (AvgIpc) is 2.93. The van der Waals surface area contributed by atoms with Crippen LogP contribution in [0.4, 0.5) is 5.69 Å². The maximum absolute atomic E-state index is 12.9. The zero-order valence-corrected chi connectivity index (χ0v) is 14.0. The van der Waals surface area contributed by atoms with Crippen LogP contribution in [0.15, 0.2) is 30.7 Å². The van der Waals surface area contributed by atoms with E-state index in [4.69, 9.17) is 6.42 Å². The molecule has 0 N–H and O–H groups in total. The molecule has 5 heteroatoms. The molecule has 2 heterocycles. The Bertz CT molecular complexity index is 712. The minimum Gasteiger partial charge on any atom is -0.295 e. The number of rotatable bonds is 5. The summed E-state index contributed by atoms with van der Waals surface area (Å²) >= 11 is 0. The zero-order valence-electron chi connectivity index (χ0n) is 14.0. The minimum absolute atomic E-state index is 0.157. The molecule has 0 radical (unpaired) electrons. The summed E-state index contributed by atoms with van der Waals surface area (Å²) in [6, 6.07) is 3.82. The smallest absolute Gasteiger partial charge is 0.262 e. The normalized spacial score (nSPS) is 12.0. The molecule has 0 aliphatic heterocycles. The van der Waals surface area contributed by atoms with Crippen molar-refractivity contribution < 1.29 is 4.79 Å². The third kappa shape index (κ3) is 3.42. The van der Waals surface area contributed by atoms with Crippen molar-refractivity contribution in [3.8, 4) is 12.3 Å². The van der Waals surface area contributed by atoms with Crippen LogP contribution in [0.5, 0.6) is 0 Å². The standard InChI is InChI=1S/C18H22N4O/c1-6-10-21(16-8-7-9-19-11-16)18(23)17-12-20-22(15(17)5)14(4)13(2)3/h1,7-9,11-14H,10H2,2-5H3/t14-/m0/s1. The number of pyridine rings is 1. The number of hydrogen-bond donors (Lipinski definition) is 0. The van der Waals surface area contributed by atoms with E-state index in [1.165, 1.54) is 0 Å². The first-order chi connectivity index (χ1) is 11.0. The molecule has 2 rings (SSSR count). The highest BCUT2D eigenvalue weighted by Crippen LogP contribution is 2.22. The lowest BCUT2D eigenvalue weighted by atomic mass is 10.1. The van der Waals surface area contributed by atoms with Gasteiger partial charge in [0.2, 0.25) is 0 Å². The van der Waals surface area contributed by atoms with E-state index in [1.54, 1.807) is 29.6 Å². The van der Waals surface area contributed by atoms with Crippen LogP contribution in [0.25, 0.3) is 0 Å². The first kappa shape index (κ1) is 16.8. The van der Waals surface area contributed by atoms with Gasteiger partial charge in [0.05, 0.1) is 36.2 Å². The molecule has 0 aromatic carbocycles. The van der Waals surface area contributed by atoms with Crippen LogP contribution >= 0.6 is 0 Å². The van der Waals surface area contributed by atoms with Crippen LogP contribution in [0.1, 0.15) is 42.9 Å². The monoisotopic (exact) mass is 310 g/mol. The number of carbonyl (C=O) groups is 1. The van der Waals surface area contributed by atoms with Gasteiger partial charge in [-0.15, -0.1) is 6.42 Å². The van der Waals surface area contributed by atoms with Gasteiger partial charge in [0.1, 0.15) is 0 Å². The SMILES string of the molecule is C#CCN(C(=O)c1cnn([C@@H](C)C(C)C)c1C)c1cccnc1. The van der Waals surface area contributed by atoms with Gasteiger partial charge in [0, 0.05) is 11.9 Å². The average molecular weight is 310 g/mol. The lowest BCUT2D eigenvalue weighted by Crippen LogP contribution is -2.31. The topological polar surface area (TPSA) is 51.0 Å². The molecule has 0 fully saturated rings. The van der Waals surface area contributed by atoms with E-state index in [0.29, 0.717) is 17.2 Å². The van der Waals surface area contributed by atoms with Gasteiger partial charge in [-0.3, -0.25) is 19.4 Å². The highest BCUT2D eigenvalue weighted by molar-refractivity contribution is 6.06. The summed E-state index contributed by atoms with van der Waals surface area (Å²) in [4.78, 5) is 18.5. The van der Waals surface area contributed by atoms with Crippen molar-refractivity contribution in [3.05, 3.63) is 42.0 Å². The van der Waals surface area contributed by atoms with Crippen molar-refractivity contribution in [2.45, 2.75) is 33.7 Å². The number of aromatic nitrogens is 3. The van der Waals surface area contributed by atoms with Gasteiger partial charge >= 0.3 is 0 Å². The van der Waals surface area contributed by atoms with Crippen LogP contribution in [0, 0.1) is 25.2 Å². The van der Waals surface area contributed by atoms with Gasteiger partial charge in [-0.05, 0) is 31.9 Å². The Morgan fingerprint density at radius 3 is 2.70 bits per heavy atom. The summed E-state index contributed by atoms with van der Waals surface area (Å²) in [5.74, 6) is 2.80. The maximum atomic E-state index is 12.9. The quantitative estimate of drug-likeness (QED) is 0.797. The number of terminal acetylenes is 1. The first-order valence-electron chi connectivity index (χ1n) is 7.66. The third-order valence-electron chi connectivity index (χ3n) is 4.08. The van der Waals surface area contributed by atoms with Crippen molar-refractivity contribution in [1.82, 2.24) is 14.8 Å². The molecule has 2 aromatic rings. The van der Waals surface area contributed by atoms with Gasteiger partial charge in [-0.25, -0.2) is 0 Å². The first-order valence-corrected chi connectivity index (χ1v) is 7.66. The molecular weight excluding hydrogens is 288 g/mol. The number of hydrogen-bond acceptors (Lipinski definition) is 3. The fourth-order valence-electron chi connectivity index (χ4n) is 2.36. The molecule has 0 unspecified atom stereocenters. The highest BCUT2D eigenvalue weighted by atomic mass is 16.2. The molecule has 0 saturated carbocycles. The van der Waals surface area contributed by atoms with Gasteiger partial charge in [0.15, 0.2) is 0 Å². The predicted octanol–water partition coefficient (Wildman–Crippen LogP) is 3.08. The Kier molecular flexibility index (Phi) is 5.17. The summed E-state index contributed by atoms with van der Waals surface area (Å²) in [7, 11) is 0. The minimum atomic E-state index is -0.157. The summed E-state index contributed by atoms with van der Waals surface area (Å²) in [6.07, 6.45) is 10.3. The van der Waals surface area contributed by atoms with Gasteiger partial charge < -0.3 is 0 Å². The van der Waals surface area contributed by atoms with Gasteiger partial charge in [-0.1, -0.05) is 19.8 Å². The third-order valence-corrected chi connectivity index (χ3v) is 4.08. The lowest BCUT2D eigenvalue weighted by molar-refractivity contribution is 0.0989. The molecule has 0 saturated heterocycles. The van der Waals surface area contributed by atoms with Crippen LogP contribution in [-0.2, 0) is 0 Å². The second-order valence-corrected chi connectivity index (χ2v) is 5.88. The Labute approximate surface area is 137 Å². The van der Waals surface area contributed by atoms with Gasteiger partial charge in [0.25, 0.3) is 5.91 Å². The number of nitrogens with zero attached hydrogens (tertiary/aromatic N) is 4. The van der Waals surface area contributed by atoms with Crippen LogP contribution < -0.4 is 4.90 Å². The van der Waals surface area contributed by atoms with E-state index < -0.39 is 0 Å². The van der Waals surface area contributed by atoms with Crippen LogP contribution in [-0.4, -0.2) is 27.2 Å². The van der Waals surface area contributed by atoms with Crippen LogP contribution in [0.2, 0.25) is 0 Å². The Morgan fingerprint density at radius 2 is 2.13 bits per heavy atom. The van der Waals surface area contributed by atoms with Crippen molar-refractivity contribution in [2.75, 3.05) is 11.4 Å². The van der Waals surface area contributed by atoms with Crippen molar-refractivity contribution in [3.63, 3.8) is 0 Å². The molecule has 23 heavy (non-hydrogen) atoms. The predicted molar refractivity (Wildman–Crippen MR) is 91.3 cm³/mol. The number of amides is 1. The van der Waals surface area contributed by atoms with E-state index >= 15 is 0 Å². The maximum Gasteiger partial charge on any atom is 0.262 e. The largest absolute Gasteiger partial charge is 0.295 e. The molecular formula is C18H22N4O. The van der Waals surface area contributed by atoms with E-state index in [1.807, 2.05) is 17.7 Å². The molecule has 0 aliphatic rings. The van der Waals surface area contributed by atoms with E-state index in [-0.39, 0.29) is 18.5 Å². The summed E-state index contributed by atoms with van der Waals surface area (Å²) < 4.78 is 1.90. The summed E-state index contributed by atoms with van der Waals surface area (Å²) in [5.41, 5.74) is 2.10. The van der Waals surface area contributed by atoms with Gasteiger partial charge in [-0.2, -0.15) is 5.10 Å². The van der Waals surface area contributed by atoms with E-state index in [2.05, 4.69) is 36.8 Å². The summed E-state index contributed by atoms with van der Waals surface area (Å²) in [6.45, 7) is 8.46. The van der Waals surface area contributed by atoms with Crippen molar-refractivity contribution in [2.24, 2.45) is 5.92 Å². The summed E-state index contributed by atoms with van der Waals surface area (Å²) in [5, 5.41) is 4.40. The Balaban J connectivity index is 2.37. The van der Waals surface area contributed by atoms with E-state index in [0.717, 1.165) is 5.69 Å². The molecule has 0 spiro atoms. The molecule has 1 atom stereocenters. The second-order valence-electron chi connectivity index (χ2n) is 5.88. The Hall–Kier alpha value is -2.61.